The molecule has 27 heavy (non-hydrogen) atoms. The topological polar surface area (TPSA) is 102 Å². The van der Waals surface area contributed by atoms with Crippen LogP contribution in [0, 0.1) is 0 Å². The van der Waals surface area contributed by atoms with E-state index in [1.807, 2.05) is 12.1 Å². The molecule has 0 aliphatic carbocycles. The minimum atomic E-state index is -0.340. The average molecular weight is 376 g/mol. The zero-order valence-electron chi connectivity index (χ0n) is 15.7. The summed E-state index contributed by atoms with van der Waals surface area (Å²) in [7, 11) is 1.70. The highest BCUT2D eigenvalue weighted by Crippen LogP contribution is 2.24. The summed E-state index contributed by atoms with van der Waals surface area (Å²) < 4.78 is 5.66. The van der Waals surface area contributed by atoms with Crippen molar-refractivity contribution in [3.05, 3.63) is 24.2 Å². The molecule has 2 aliphatic heterocycles. The SMILES string of the molecule is CN=C(NCCN1C(=O)CNC1=O)NCC(c1ccco1)N1CCCCC1. The van der Waals surface area contributed by atoms with E-state index in [1.165, 1.54) is 24.2 Å². The number of aliphatic imine (C=N–C) groups is 1. The number of hydrogen-bond donors (Lipinski definition) is 3. The fourth-order valence-electron chi connectivity index (χ4n) is 3.50. The summed E-state index contributed by atoms with van der Waals surface area (Å²) in [6.07, 6.45) is 5.39. The Morgan fingerprint density at radius 1 is 1.30 bits per heavy atom. The van der Waals surface area contributed by atoms with Gasteiger partial charge in [0.25, 0.3) is 0 Å². The summed E-state index contributed by atoms with van der Waals surface area (Å²) in [5.74, 6) is 1.38. The number of guanidine groups is 1. The van der Waals surface area contributed by atoms with Gasteiger partial charge in [-0.05, 0) is 38.1 Å². The van der Waals surface area contributed by atoms with Crippen LogP contribution in [0.1, 0.15) is 31.1 Å². The minimum Gasteiger partial charge on any atom is -0.468 e. The number of hydrogen-bond acceptors (Lipinski definition) is 5. The summed E-state index contributed by atoms with van der Waals surface area (Å²) in [6.45, 7) is 3.60. The van der Waals surface area contributed by atoms with Crippen LogP contribution in [0.15, 0.2) is 27.8 Å². The molecule has 9 nitrogen and oxygen atoms in total. The van der Waals surface area contributed by atoms with Crippen LogP contribution in [0.25, 0.3) is 0 Å². The fraction of sp³-hybridized carbons (Fsp3) is 0.611. The van der Waals surface area contributed by atoms with Gasteiger partial charge in [0.2, 0.25) is 5.91 Å². The molecule has 1 aromatic heterocycles. The lowest BCUT2D eigenvalue weighted by Crippen LogP contribution is -2.46. The van der Waals surface area contributed by atoms with E-state index in [2.05, 4.69) is 25.8 Å². The van der Waals surface area contributed by atoms with Crippen molar-refractivity contribution in [2.75, 3.05) is 46.3 Å². The molecule has 1 atom stereocenters. The number of rotatable bonds is 7. The Morgan fingerprint density at radius 2 is 2.11 bits per heavy atom. The first kappa shape index (κ1) is 19.2. The third kappa shape index (κ3) is 5.00. The number of amides is 3. The van der Waals surface area contributed by atoms with Gasteiger partial charge >= 0.3 is 6.03 Å². The van der Waals surface area contributed by atoms with Crippen molar-refractivity contribution in [2.24, 2.45) is 4.99 Å². The molecule has 0 radical (unpaired) electrons. The molecule has 3 rings (SSSR count). The van der Waals surface area contributed by atoms with Gasteiger partial charge in [-0.3, -0.25) is 19.6 Å². The highest BCUT2D eigenvalue weighted by atomic mass is 16.3. The van der Waals surface area contributed by atoms with E-state index < -0.39 is 0 Å². The molecule has 148 valence electrons. The molecule has 0 bridgehead atoms. The van der Waals surface area contributed by atoms with Crippen LogP contribution in [-0.4, -0.2) is 74.0 Å². The van der Waals surface area contributed by atoms with Crippen molar-refractivity contribution in [3.63, 3.8) is 0 Å². The summed E-state index contributed by atoms with van der Waals surface area (Å²) in [5, 5.41) is 9.00. The largest absolute Gasteiger partial charge is 0.468 e. The van der Waals surface area contributed by atoms with E-state index in [9.17, 15) is 9.59 Å². The van der Waals surface area contributed by atoms with Gasteiger partial charge in [0, 0.05) is 26.7 Å². The Morgan fingerprint density at radius 3 is 2.74 bits per heavy atom. The second-order valence-electron chi connectivity index (χ2n) is 6.71. The molecule has 2 aliphatic rings. The van der Waals surface area contributed by atoms with Crippen LogP contribution in [0.3, 0.4) is 0 Å². The van der Waals surface area contributed by atoms with Crippen molar-refractivity contribution in [3.8, 4) is 0 Å². The van der Waals surface area contributed by atoms with Crippen molar-refractivity contribution in [2.45, 2.75) is 25.3 Å². The van der Waals surface area contributed by atoms with Crippen LogP contribution in [0.4, 0.5) is 4.79 Å². The van der Waals surface area contributed by atoms with Gasteiger partial charge in [-0.25, -0.2) is 4.79 Å². The van der Waals surface area contributed by atoms with Crippen molar-refractivity contribution in [1.29, 1.82) is 0 Å². The van der Waals surface area contributed by atoms with Crippen LogP contribution in [0.2, 0.25) is 0 Å². The van der Waals surface area contributed by atoms with Gasteiger partial charge in [0.15, 0.2) is 5.96 Å². The zero-order valence-corrected chi connectivity index (χ0v) is 15.7. The molecule has 3 N–H and O–H groups in total. The van der Waals surface area contributed by atoms with Gasteiger partial charge in [0.1, 0.15) is 5.76 Å². The lowest BCUT2D eigenvalue weighted by molar-refractivity contribution is -0.124. The van der Waals surface area contributed by atoms with E-state index in [0.29, 0.717) is 25.6 Å². The average Bonchev–Trinajstić information content (AvgIpc) is 3.33. The maximum absolute atomic E-state index is 11.6. The monoisotopic (exact) mass is 376 g/mol. The third-order valence-electron chi connectivity index (χ3n) is 4.95. The summed E-state index contributed by atoms with van der Waals surface area (Å²) in [5.41, 5.74) is 0. The standard InChI is InChI=1S/C18H28N6O3/c1-19-17(20-7-10-24-16(25)13-22-18(24)26)21-12-14(15-6-5-11-27-15)23-8-3-2-4-9-23/h5-6,11,14H,2-4,7-10,12-13H2,1H3,(H,22,26)(H2,19,20,21). The molecule has 3 amide bonds. The highest BCUT2D eigenvalue weighted by Gasteiger charge is 2.28. The number of carbonyl (C=O) groups excluding carboxylic acids is 2. The van der Waals surface area contributed by atoms with Crippen LogP contribution in [-0.2, 0) is 4.79 Å². The van der Waals surface area contributed by atoms with Crippen molar-refractivity contribution < 1.29 is 14.0 Å². The number of furan rings is 1. The predicted molar refractivity (Wildman–Crippen MR) is 101 cm³/mol. The second kappa shape index (κ2) is 9.40. The molecular weight excluding hydrogens is 348 g/mol. The van der Waals surface area contributed by atoms with E-state index in [0.717, 1.165) is 18.8 Å². The molecule has 2 saturated heterocycles. The smallest absolute Gasteiger partial charge is 0.324 e. The molecule has 3 heterocycles. The van der Waals surface area contributed by atoms with E-state index in [-0.39, 0.29) is 24.5 Å². The number of carbonyl (C=O) groups is 2. The quantitative estimate of drug-likeness (QED) is 0.364. The number of nitrogens with one attached hydrogen (secondary N) is 3. The Balaban J connectivity index is 1.50. The molecule has 0 spiro atoms. The van der Waals surface area contributed by atoms with Gasteiger partial charge in [-0.1, -0.05) is 6.42 Å². The van der Waals surface area contributed by atoms with Crippen molar-refractivity contribution >= 4 is 17.9 Å². The number of urea groups is 1. The zero-order chi connectivity index (χ0) is 19.1. The Hall–Kier alpha value is -2.55. The highest BCUT2D eigenvalue weighted by molar-refractivity contribution is 6.01. The Bertz CT molecular complexity index is 638. The predicted octanol–water partition coefficient (Wildman–Crippen LogP) is 0.523. The number of piperidine rings is 1. The van der Waals surface area contributed by atoms with Gasteiger partial charge in [-0.15, -0.1) is 0 Å². The van der Waals surface area contributed by atoms with Crippen LogP contribution < -0.4 is 16.0 Å². The number of imide groups is 1. The number of likely N-dealkylation sites (tertiary alicyclic amines) is 1. The fourth-order valence-corrected chi connectivity index (χ4v) is 3.50. The van der Waals surface area contributed by atoms with Crippen LogP contribution in [0.5, 0.6) is 0 Å². The number of nitrogens with zero attached hydrogens (tertiary/aromatic N) is 3. The van der Waals surface area contributed by atoms with Gasteiger partial charge < -0.3 is 20.4 Å². The normalized spacial score (nSPS) is 19.9. The Kier molecular flexibility index (Phi) is 6.69. The molecule has 0 saturated carbocycles. The summed E-state index contributed by atoms with van der Waals surface area (Å²) in [4.78, 5) is 31.0. The van der Waals surface area contributed by atoms with Gasteiger partial charge in [0.05, 0.1) is 18.8 Å². The molecular formula is C18H28N6O3. The first-order valence-electron chi connectivity index (χ1n) is 9.49. The second-order valence-corrected chi connectivity index (χ2v) is 6.71. The molecule has 9 heteroatoms. The van der Waals surface area contributed by atoms with Gasteiger partial charge in [-0.2, -0.15) is 0 Å². The lowest BCUT2D eigenvalue weighted by Gasteiger charge is -2.33. The molecule has 0 aromatic carbocycles. The van der Waals surface area contributed by atoms with E-state index in [4.69, 9.17) is 4.42 Å². The molecule has 1 aromatic rings. The van der Waals surface area contributed by atoms with Crippen molar-refractivity contribution in [1.82, 2.24) is 25.8 Å². The van der Waals surface area contributed by atoms with E-state index in [1.54, 1.807) is 13.3 Å². The Labute approximate surface area is 159 Å². The molecule has 1 unspecified atom stereocenters. The third-order valence-corrected chi connectivity index (χ3v) is 4.95. The van der Waals surface area contributed by atoms with E-state index >= 15 is 0 Å². The first-order chi connectivity index (χ1) is 13.2. The first-order valence-corrected chi connectivity index (χ1v) is 9.49. The molecule has 2 fully saturated rings. The lowest BCUT2D eigenvalue weighted by atomic mass is 10.1. The minimum absolute atomic E-state index is 0.0759. The summed E-state index contributed by atoms with van der Waals surface area (Å²) >= 11 is 0. The van der Waals surface area contributed by atoms with Crippen LogP contribution >= 0.6 is 0 Å². The summed E-state index contributed by atoms with van der Waals surface area (Å²) in [6, 6.07) is 3.73. The maximum atomic E-state index is 11.6. The maximum Gasteiger partial charge on any atom is 0.324 e.